The van der Waals surface area contributed by atoms with Gasteiger partial charge in [0.2, 0.25) is 0 Å². The molecule has 3 N–H and O–H groups in total. The van der Waals surface area contributed by atoms with E-state index in [0.717, 1.165) is 14.3 Å². The Hall–Kier alpha value is -0.870. The summed E-state index contributed by atoms with van der Waals surface area (Å²) >= 11 is 5.71. The number of fused-ring (bicyclic) bond motifs is 1. The van der Waals surface area contributed by atoms with Crippen LogP contribution in [0, 0.1) is 0 Å². The van der Waals surface area contributed by atoms with Crippen LogP contribution in [-0.2, 0) is 0 Å². The molecule has 0 fully saturated rings. The maximum absolute atomic E-state index is 9.52. The van der Waals surface area contributed by atoms with Crippen LogP contribution in [-0.4, -0.2) is 5.11 Å². The van der Waals surface area contributed by atoms with Gasteiger partial charge in [0.15, 0.2) is 0 Å². The summed E-state index contributed by atoms with van der Waals surface area (Å²) in [5.74, 6) is 0.157. The molecule has 0 aliphatic rings. The molecule has 0 aliphatic heterocycles. The highest BCUT2D eigenvalue weighted by molar-refractivity contribution is 7.83. The van der Waals surface area contributed by atoms with E-state index in [1.165, 1.54) is 11.3 Å². The van der Waals surface area contributed by atoms with E-state index < -0.39 is 0 Å². The molecule has 0 bridgehead atoms. The minimum Gasteiger partial charge on any atom is -0.505 e. The molecule has 0 saturated heterocycles. The summed E-state index contributed by atoms with van der Waals surface area (Å²) in [6, 6.07) is 5.39. The summed E-state index contributed by atoms with van der Waals surface area (Å²) in [5, 5.41) is 10.3. The summed E-state index contributed by atoms with van der Waals surface area (Å²) < 4.78 is 1.89. The van der Waals surface area contributed by atoms with Gasteiger partial charge >= 0.3 is 0 Å². The number of phenolic OH excluding ortho intramolecular Hbond substituents is 1. The molecule has 4 heteroatoms. The molecule has 2 aromatic rings. The minimum absolute atomic E-state index is 0.157. The number of rotatable bonds is 0. The van der Waals surface area contributed by atoms with E-state index in [1.54, 1.807) is 6.07 Å². The molecule has 2 nitrogen and oxygen atoms in total. The number of phenols is 1. The number of anilines is 1. The molecule has 1 heterocycles. The molecule has 1 aromatic heterocycles. The summed E-state index contributed by atoms with van der Waals surface area (Å²) in [7, 11) is 0. The fourth-order valence-corrected chi connectivity index (χ4v) is 2.33. The number of thiophene rings is 1. The van der Waals surface area contributed by atoms with Crippen LogP contribution in [0.25, 0.3) is 10.1 Å². The second kappa shape index (κ2) is 2.57. The smallest absolute Gasteiger partial charge is 0.147 e. The topological polar surface area (TPSA) is 46.2 Å². The van der Waals surface area contributed by atoms with Gasteiger partial charge in [-0.15, -0.1) is 24.0 Å². The lowest BCUT2D eigenvalue weighted by Gasteiger charge is -1.97. The fraction of sp³-hybridized carbons (Fsp3) is 0. The van der Waals surface area contributed by atoms with Gasteiger partial charge in [0, 0.05) is 10.1 Å². The monoisotopic (exact) mass is 197 g/mol. The van der Waals surface area contributed by atoms with Gasteiger partial charge in [0.1, 0.15) is 5.75 Å². The predicted molar refractivity (Wildman–Crippen MR) is 55.2 cm³/mol. The first-order chi connectivity index (χ1) is 5.68. The van der Waals surface area contributed by atoms with Crippen molar-refractivity contribution < 1.29 is 5.11 Å². The maximum Gasteiger partial charge on any atom is 0.147 e. The molecule has 0 atom stereocenters. The van der Waals surface area contributed by atoms with Gasteiger partial charge in [-0.1, -0.05) is 0 Å². The molecular weight excluding hydrogens is 190 g/mol. The van der Waals surface area contributed by atoms with E-state index in [1.807, 2.05) is 12.1 Å². The lowest BCUT2D eigenvalue weighted by Crippen LogP contribution is -1.83. The van der Waals surface area contributed by atoms with Crippen molar-refractivity contribution in [3.8, 4) is 5.75 Å². The van der Waals surface area contributed by atoms with Crippen molar-refractivity contribution in [3.05, 3.63) is 18.2 Å². The highest BCUT2D eigenvalue weighted by Gasteiger charge is 2.05. The van der Waals surface area contributed by atoms with Crippen molar-refractivity contribution in [2.75, 3.05) is 5.73 Å². The Balaban J connectivity index is 2.89. The fourth-order valence-electron chi connectivity index (χ4n) is 1.10. The third-order valence-electron chi connectivity index (χ3n) is 1.69. The molecule has 0 amide bonds. The Morgan fingerprint density at radius 3 is 2.92 bits per heavy atom. The van der Waals surface area contributed by atoms with Crippen LogP contribution in [0.2, 0.25) is 0 Å². The van der Waals surface area contributed by atoms with E-state index >= 15 is 0 Å². The lowest BCUT2D eigenvalue weighted by atomic mass is 10.2. The van der Waals surface area contributed by atoms with Crippen molar-refractivity contribution in [1.29, 1.82) is 0 Å². The first-order valence-electron chi connectivity index (χ1n) is 3.38. The molecule has 1 aromatic carbocycles. The largest absolute Gasteiger partial charge is 0.505 e. The van der Waals surface area contributed by atoms with E-state index in [2.05, 4.69) is 12.6 Å². The Morgan fingerprint density at radius 2 is 2.17 bits per heavy atom. The Kier molecular flexibility index (Phi) is 1.66. The standard InChI is InChI=1S/C8H7NOS2/c9-5-1-2-6-4(8(5)10)3-7(11)12-6/h1-3,10-11H,9H2. The number of aromatic hydroxyl groups is 1. The summed E-state index contributed by atoms with van der Waals surface area (Å²) in [5.41, 5.74) is 5.94. The zero-order valence-corrected chi connectivity index (χ0v) is 7.82. The zero-order chi connectivity index (χ0) is 8.72. The number of hydrogen-bond donors (Lipinski definition) is 3. The second-order valence-corrected chi connectivity index (χ2v) is 4.37. The van der Waals surface area contributed by atoms with Gasteiger partial charge < -0.3 is 10.8 Å². The molecule has 2 rings (SSSR count). The number of nitrogens with two attached hydrogens (primary N) is 1. The van der Waals surface area contributed by atoms with Crippen LogP contribution in [0.1, 0.15) is 0 Å². The molecule has 0 spiro atoms. The van der Waals surface area contributed by atoms with E-state index in [-0.39, 0.29) is 5.75 Å². The van der Waals surface area contributed by atoms with Gasteiger partial charge in [0.25, 0.3) is 0 Å². The van der Waals surface area contributed by atoms with E-state index in [0.29, 0.717) is 5.69 Å². The van der Waals surface area contributed by atoms with Crippen LogP contribution < -0.4 is 5.73 Å². The van der Waals surface area contributed by atoms with Crippen LogP contribution in [0.5, 0.6) is 5.75 Å². The Labute approximate surface area is 79.0 Å². The highest BCUT2D eigenvalue weighted by atomic mass is 32.2. The van der Waals surface area contributed by atoms with Crippen molar-refractivity contribution in [2.45, 2.75) is 4.21 Å². The second-order valence-electron chi connectivity index (χ2n) is 2.50. The third kappa shape index (κ3) is 1.04. The summed E-state index contributed by atoms with van der Waals surface area (Å²) in [6.45, 7) is 0. The Bertz CT molecular complexity index is 436. The third-order valence-corrected chi connectivity index (χ3v) is 3.00. The normalized spacial score (nSPS) is 10.8. The van der Waals surface area contributed by atoms with Crippen molar-refractivity contribution >= 4 is 39.7 Å². The van der Waals surface area contributed by atoms with Gasteiger partial charge in [0.05, 0.1) is 9.90 Å². The molecular formula is C8H7NOS2. The number of thiol groups is 1. The first-order valence-corrected chi connectivity index (χ1v) is 4.65. The van der Waals surface area contributed by atoms with E-state index in [9.17, 15) is 5.11 Å². The predicted octanol–water partition coefficient (Wildman–Crippen LogP) is 2.48. The van der Waals surface area contributed by atoms with Gasteiger partial charge in [-0.25, -0.2) is 0 Å². The van der Waals surface area contributed by atoms with Crippen LogP contribution in [0.3, 0.4) is 0 Å². The minimum atomic E-state index is 0.157. The molecule has 62 valence electrons. The van der Waals surface area contributed by atoms with Crippen LogP contribution >= 0.6 is 24.0 Å². The number of benzene rings is 1. The summed E-state index contributed by atoms with van der Waals surface area (Å²) in [6.07, 6.45) is 0. The van der Waals surface area contributed by atoms with Gasteiger partial charge in [-0.2, -0.15) is 0 Å². The summed E-state index contributed by atoms with van der Waals surface area (Å²) in [4.78, 5) is 0. The number of nitrogen functional groups attached to an aromatic ring is 1. The first kappa shape index (κ1) is 7.76. The average Bonchev–Trinajstić information content (AvgIpc) is 2.39. The van der Waals surface area contributed by atoms with Crippen molar-refractivity contribution in [1.82, 2.24) is 0 Å². The lowest BCUT2D eigenvalue weighted by molar-refractivity contribution is 0.484. The van der Waals surface area contributed by atoms with Gasteiger partial charge in [-0.05, 0) is 18.2 Å². The quantitative estimate of drug-likeness (QED) is 0.345. The van der Waals surface area contributed by atoms with Crippen molar-refractivity contribution in [2.24, 2.45) is 0 Å². The molecule has 0 aliphatic carbocycles. The highest BCUT2D eigenvalue weighted by Crippen LogP contribution is 2.37. The average molecular weight is 197 g/mol. The Morgan fingerprint density at radius 1 is 1.42 bits per heavy atom. The SMILES string of the molecule is Nc1ccc2sc(S)cc2c1O. The molecule has 12 heavy (non-hydrogen) atoms. The van der Waals surface area contributed by atoms with Gasteiger partial charge in [-0.3, -0.25) is 0 Å². The molecule has 0 saturated carbocycles. The molecule has 0 unspecified atom stereocenters. The maximum atomic E-state index is 9.52. The van der Waals surface area contributed by atoms with Crippen LogP contribution in [0.15, 0.2) is 22.4 Å². The van der Waals surface area contributed by atoms with Crippen LogP contribution in [0.4, 0.5) is 5.69 Å². The zero-order valence-electron chi connectivity index (χ0n) is 6.11. The molecule has 0 radical (unpaired) electrons. The van der Waals surface area contributed by atoms with Crippen molar-refractivity contribution in [3.63, 3.8) is 0 Å². The van der Waals surface area contributed by atoms with E-state index in [4.69, 9.17) is 5.73 Å². The number of hydrogen-bond acceptors (Lipinski definition) is 4.